The van der Waals surface area contributed by atoms with Crippen LogP contribution in [0.2, 0.25) is 0 Å². The zero-order chi connectivity index (χ0) is 105. The maximum Gasteiger partial charge on any atom is 0.206 e. The molecule has 0 bridgehead atoms. The standard InChI is InChI=1S/C128H118O16S4/c1-17-23-88-81-96(35-75-119(88)139-105-47-63-113(64-48-105)145(129,130)111-59-43-102(137-16)44-60-111)126(10,11)98-37-77-121(90(83-98)25-19-3)141-107-51-67-115(68-52-107)147(133,134)117-71-55-109(56-72-117)143-123-79-39-100(85-92(123)27-21-5)128(14,15)101-40-80-124(93(86-101)28-22-6)144-110-57-73-118(74-58-110)148(135,136)116-69-53-108(54-70-116)142-122-78-38-99(84-91(122)26-20-4)127(12,13)97-36-76-120(89(82-97)24-18-2)140-106-49-65-114(66-50-106)146(131,132)112-61-45-104(46-62-112)138-103-41-33-95(34-42-103)125(8,9)94-31-29-87(7)30-32-94/h17-22,26-86H,1-3,23-25H2,4-16H3/b26-20+,27-21+,28-22+. The molecule has 0 unspecified atom stereocenters. The van der Waals surface area contributed by atoms with Gasteiger partial charge in [0, 0.05) is 38.4 Å². The maximum atomic E-state index is 14.3. The summed E-state index contributed by atoms with van der Waals surface area (Å²) in [6, 6.07) is 104. The van der Waals surface area contributed by atoms with Gasteiger partial charge in [-0.3, -0.25) is 0 Å². The molecule has 0 aliphatic carbocycles. The lowest BCUT2D eigenvalue weighted by Crippen LogP contribution is -2.19. The van der Waals surface area contributed by atoms with E-state index in [0.717, 1.165) is 72.3 Å². The Morgan fingerprint density at radius 1 is 0.223 bits per heavy atom. The lowest BCUT2D eigenvalue weighted by Gasteiger charge is -2.28. The van der Waals surface area contributed by atoms with Gasteiger partial charge >= 0.3 is 0 Å². The lowest BCUT2D eigenvalue weighted by atomic mass is 9.76. The van der Waals surface area contributed by atoms with Crippen LogP contribution in [0.5, 0.6) is 86.2 Å². The van der Waals surface area contributed by atoms with Crippen LogP contribution >= 0.6 is 0 Å². The highest BCUT2D eigenvalue weighted by Crippen LogP contribution is 2.46. The quantitative estimate of drug-likeness (QED) is 0.0327. The molecular formula is C128H118O16S4. The number of benzene rings is 16. The van der Waals surface area contributed by atoms with Gasteiger partial charge in [-0.1, -0.05) is 207 Å². The Morgan fingerprint density at radius 3 is 0.615 bits per heavy atom. The van der Waals surface area contributed by atoms with Crippen LogP contribution in [0.25, 0.3) is 18.2 Å². The smallest absolute Gasteiger partial charge is 0.206 e. The molecule has 0 aliphatic heterocycles. The van der Waals surface area contributed by atoms with E-state index < -0.39 is 55.6 Å². The molecule has 16 aromatic carbocycles. The number of allylic oxidation sites excluding steroid dienone is 6. The lowest BCUT2D eigenvalue weighted by molar-refractivity contribution is 0.414. The van der Waals surface area contributed by atoms with Crippen molar-refractivity contribution >= 4 is 57.6 Å². The molecule has 0 saturated carbocycles. The molecule has 0 N–H and O–H groups in total. The summed E-state index contributed by atoms with van der Waals surface area (Å²) < 4.78 is 162. The van der Waals surface area contributed by atoms with Gasteiger partial charge in [0.05, 0.1) is 46.3 Å². The van der Waals surface area contributed by atoms with E-state index in [-0.39, 0.29) is 44.6 Å². The summed E-state index contributed by atoms with van der Waals surface area (Å²) in [5, 5.41) is 0. The van der Waals surface area contributed by atoms with Gasteiger partial charge in [-0.15, -0.1) is 19.7 Å². The molecule has 0 atom stereocenters. The first-order valence-electron chi connectivity index (χ1n) is 48.7. The summed E-state index contributed by atoms with van der Waals surface area (Å²) in [7, 11) is -14.1. The third kappa shape index (κ3) is 23.2. The van der Waals surface area contributed by atoms with Crippen molar-refractivity contribution in [3.8, 4) is 86.2 Å². The molecule has 0 fully saturated rings. The molecule has 0 spiro atoms. The first kappa shape index (κ1) is 105. The molecule has 0 amide bonds. The summed E-state index contributed by atoms with van der Waals surface area (Å²) in [6.45, 7) is 37.2. The van der Waals surface area contributed by atoms with E-state index in [9.17, 15) is 33.7 Å². The van der Waals surface area contributed by atoms with E-state index in [1.807, 2.05) is 160 Å². The fraction of sp³-hybridized carbons (Fsp3) is 0.156. The number of methoxy groups -OCH3 is 1. The predicted molar refractivity (Wildman–Crippen MR) is 591 cm³/mol. The third-order valence-electron chi connectivity index (χ3n) is 26.9. The van der Waals surface area contributed by atoms with Crippen molar-refractivity contribution in [3.05, 3.63) is 491 Å². The number of ether oxygens (including phenoxy) is 8. The maximum absolute atomic E-state index is 14.3. The molecule has 16 aromatic rings. The van der Waals surface area contributed by atoms with E-state index in [1.165, 1.54) is 91.0 Å². The number of rotatable bonds is 40. The Labute approximate surface area is 870 Å². The molecule has 0 saturated heterocycles. The van der Waals surface area contributed by atoms with Gasteiger partial charge in [0.2, 0.25) is 39.3 Å². The van der Waals surface area contributed by atoms with Gasteiger partial charge in [-0.2, -0.15) is 0 Å². The summed E-state index contributed by atoms with van der Waals surface area (Å²) in [6.07, 6.45) is 18.7. The van der Waals surface area contributed by atoms with Crippen LogP contribution in [-0.4, -0.2) is 40.8 Å². The molecular weight excluding hydrogens is 1920 g/mol. The van der Waals surface area contributed by atoms with Crippen LogP contribution in [-0.2, 0) is 80.3 Å². The highest BCUT2D eigenvalue weighted by atomic mass is 32.2. The van der Waals surface area contributed by atoms with Gasteiger partial charge < -0.3 is 37.9 Å². The number of sulfone groups is 4. The minimum absolute atomic E-state index is 0.0850. The number of hydrogen-bond acceptors (Lipinski definition) is 16. The van der Waals surface area contributed by atoms with Crippen LogP contribution in [0, 0.1) is 6.92 Å². The van der Waals surface area contributed by atoms with Crippen LogP contribution in [0.3, 0.4) is 0 Å². The van der Waals surface area contributed by atoms with Crippen LogP contribution < -0.4 is 37.9 Å². The summed E-state index contributed by atoms with van der Waals surface area (Å²) >= 11 is 0. The second-order valence-electron chi connectivity index (χ2n) is 38.3. The van der Waals surface area contributed by atoms with Crippen LogP contribution in [0.1, 0.15) is 160 Å². The van der Waals surface area contributed by atoms with Crippen molar-refractivity contribution in [3.63, 3.8) is 0 Å². The molecule has 16 nitrogen and oxygen atoms in total. The minimum Gasteiger partial charge on any atom is -0.497 e. The topological polar surface area (TPSA) is 210 Å². The van der Waals surface area contributed by atoms with Gasteiger partial charge in [0.25, 0.3) is 0 Å². The first-order chi connectivity index (χ1) is 70.8. The fourth-order valence-corrected chi connectivity index (χ4v) is 22.8. The van der Waals surface area contributed by atoms with E-state index in [0.29, 0.717) is 106 Å². The van der Waals surface area contributed by atoms with E-state index in [4.69, 9.17) is 37.9 Å². The van der Waals surface area contributed by atoms with Crippen molar-refractivity contribution in [1.29, 1.82) is 0 Å². The second kappa shape index (κ2) is 44.2. The second-order valence-corrected chi connectivity index (χ2v) is 46.1. The Hall–Kier alpha value is -15.8. The molecule has 0 aromatic heterocycles. The molecule has 148 heavy (non-hydrogen) atoms. The Bertz CT molecular complexity index is 8170. The predicted octanol–water partition coefficient (Wildman–Crippen LogP) is 32.5. The molecule has 16 rings (SSSR count). The zero-order valence-electron chi connectivity index (χ0n) is 85.1. The largest absolute Gasteiger partial charge is 0.497 e. The number of hydrogen-bond donors (Lipinski definition) is 0. The van der Waals surface area contributed by atoms with Gasteiger partial charge in [-0.05, 0) is 369 Å². The Balaban J connectivity index is 0.515. The zero-order valence-corrected chi connectivity index (χ0v) is 88.4. The van der Waals surface area contributed by atoms with Crippen molar-refractivity contribution in [2.24, 2.45) is 0 Å². The monoisotopic (exact) mass is 2040 g/mol. The molecule has 0 aliphatic rings. The molecule has 0 heterocycles. The highest BCUT2D eigenvalue weighted by Gasteiger charge is 2.33. The fourth-order valence-electron chi connectivity index (χ4n) is 17.7. The van der Waals surface area contributed by atoms with Crippen molar-refractivity contribution in [1.82, 2.24) is 0 Å². The average Bonchev–Trinajstić information content (AvgIpc) is 0.784. The van der Waals surface area contributed by atoms with Crippen molar-refractivity contribution in [2.45, 2.75) is 163 Å². The first-order valence-corrected chi connectivity index (χ1v) is 54.6. The summed E-state index contributed by atoms with van der Waals surface area (Å²) in [5.74, 6) is 7.93. The molecule has 0 radical (unpaired) electrons. The third-order valence-corrected chi connectivity index (χ3v) is 34.1. The van der Waals surface area contributed by atoms with Gasteiger partial charge in [-0.25, -0.2) is 33.7 Å². The van der Waals surface area contributed by atoms with Crippen LogP contribution in [0.15, 0.2) is 447 Å². The van der Waals surface area contributed by atoms with E-state index >= 15 is 0 Å². The van der Waals surface area contributed by atoms with Gasteiger partial charge in [0.1, 0.15) is 86.2 Å². The molecule has 20 heteroatoms. The van der Waals surface area contributed by atoms with Crippen LogP contribution in [0.4, 0.5) is 0 Å². The van der Waals surface area contributed by atoms with Crippen molar-refractivity contribution in [2.75, 3.05) is 7.11 Å². The summed E-state index contributed by atoms with van der Waals surface area (Å²) in [4.78, 5) is 0.885. The molecule has 750 valence electrons. The number of aryl methyl sites for hydroxylation is 1. The Kier molecular flexibility index (Phi) is 31.4. The normalized spacial score (nSPS) is 12.2. The average molecular weight is 2040 g/mol. The Morgan fingerprint density at radius 2 is 0.399 bits per heavy atom. The SMILES string of the molecule is C=CCc1cc(C(C)(C)c2ccc(Oc3ccc(S(=O)(=O)c4ccc(Oc5ccc(C(C)(C)c6ccc(Oc7ccc(S(=O)(=O)c8ccc(Oc9ccc(C(C)(C)c%10ccc(Oc%11ccc(S(=O)(=O)c%12ccc(OC)cc%12)cc%11)c(CC=C)c%10)cc9CC=C)cc8)cc7)c(/C=C/C)c6)cc5/C=C/C)cc4)cc3)c(/C=C/C)c2)ccc1Oc1ccc(S(=O)(=O)c2ccc(Oc3ccc(C(C)(C)c4ccc(C)cc4)cc3)cc2)cc1. The summed E-state index contributed by atoms with van der Waals surface area (Å²) in [5.41, 5.74) is 13.0. The minimum atomic E-state index is -3.99. The highest BCUT2D eigenvalue weighted by molar-refractivity contribution is 7.92. The van der Waals surface area contributed by atoms with Crippen molar-refractivity contribution < 1.29 is 71.6 Å². The van der Waals surface area contributed by atoms with Gasteiger partial charge in [0.15, 0.2) is 0 Å². The van der Waals surface area contributed by atoms with E-state index in [2.05, 4.69) is 155 Å². The van der Waals surface area contributed by atoms with E-state index in [1.54, 1.807) is 121 Å².